The van der Waals surface area contributed by atoms with Gasteiger partial charge in [-0.3, -0.25) is 5.32 Å². The Balaban J connectivity index is 1.77. The largest absolute Gasteiger partial charge is 0.462 e. The summed E-state index contributed by atoms with van der Waals surface area (Å²) in [5.41, 5.74) is 2.90. The van der Waals surface area contributed by atoms with Crippen molar-refractivity contribution in [1.29, 1.82) is 0 Å². The number of benzene rings is 2. The van der Waals surface area contributed by atoms with Gasteiger partial charge in [0.1, 0.15) is 11.3 Å². The molecule has 8 nitrogen and oxygen atoms in total. The molecule has 1 amide bonds. The number of rotatable bonds is 5. The summed E-state index contributed by atoms with van der Waals surface area (Å²) in [5, 5.41) is 7.95. The van der Waals surface area contributed by atoms with Crippen LogP contribution in [0.5, 0.6) is 5.75 Å². The summed E-state index contributed by atoms with van der Waals surface area (Å²) < 4.78 is 11.8. The van der Waals surface area contributed by atoms with Gasteiger partial charge in [0.05, 0.1) is 18.3 Å². The first kappa shape index (κ1) is 21.0. The van der Waals surface area contributed by atoms with Gasteiger partial charge in [0.15, 0.2) is 11.6 Å². The molecule has 4 aromatic rings. The fraction of sp³-hybridized carbons (Fsp3) is 0.167. The van der Waals surface area contributed by atoms with Crippen LogP contribution >= 0.6 is 0 Å². The van der Waals surface area contributed by atoms with Crippen LogP contribution in [0.3, 0.4) is 0 Å². The molecule has 2 aromatic heterocycles. The van der Waals surface area contributed by atoms with E-state index in [9.17, 15) is 9.59 Å². The molecular weight excluding hydrogens is 408 g/mol. The summed E-state index contributed by atoms with van der Waals surface area (Å²) in [6.07, 6.45) is 0.576. The molecule has 0 saturated carbocycles. The standard InChI is InChI=1S/C24H22N4O4/c1-4-31-23(29)19-14-25-28(22(19)27-24(30)32-17-10-6-5-7-11-17)20-13-16(3)18-12-8-9-15(2)21(18)26-20/h5-14H,4H2,1-3H3,(H,27,30). The van der Waals surface area contributed by atoms with Crippen LogP contribution in [0.25, 0.3) is 16.7 Å². The van der Waals surface area contributed by atoms with E-state index in [1.807, 2.05) is 44.2 Å². The van der Waals surface area contributed by atoms with Crippen molar-refractivity contribution in [1.82, 2.24) is 14.8 Å². The zero-order chi connectivity index (χ0) is 22.7. The summed E-state index contributed by atoms with van der Waals surface area (Å²) in [4.78, 5) is 29.8. The van der Waals surface area contributed by atoms with Crippen molar-refractivity contribution < 1.29 is 19.1 Å². The molecule has 0 spiro atoms. The van der Waals surface area contributed by atoms with E-state index in [1.54, 1.807) is 31.2 Å². The lowest BCUT2D eigenvalue weighted by molar-refractivity contribution is 0.0527. The number of aryl methyl sites for hydroxylation is 2. The Morgan fingerprint density at radius 3 is 2.56 bits per heavy atom. The second-order valence-electron chi connectivity index (χ2n) is 7.14. The smallest absolute Gasteiger partial charge is 0.418 e. The predicted octanol–water partition coefficient (Wildman–Crippen LogP) is 4.82. The first-order valence-electron chi connectivity index (χ1n) is 10.1. The molecule has 4 rings (SSSR count). The molecular formula is C24H22N4O4. The number of nitrogens with zero attached hydrogens (tertiary/aromatic N) is 3. The first-order chi connectivity index (χ1) is 15.5. The third-order valence-corrected chi connectivity index (χ3v) is 4.89. The maximum absolute atomic E-state index is 12.6. The zero-order valence-electron chi connectivity index (χ0n) is 18.0. The lowest BCUT2D eigenvalue weighted by Crippen LogP contribution is -2.21. The molecule has 0 unspecified atom stereocenters. The van der Waals surface area contributed by atoms with Gasteiger partial charge in [-0.2, -0.15) is 9.78 Å². The van der Waals surface area contributed by atoms with Crippen molar-refractivity contribution in [3.05, 3.63) is 77.5 Å². The number of pyridine rings is 1. The lowest BCUT2D eigenvalue weighted by atomic mass is 10.1. The third kappa shape index (κ3) is 4.15. The number of ether oxygens (including phenoxy) is 2. The van der Waals surface area contributed by atoms with E-state index >= 15 is 0 Å². The van der Waals surface area contributed by atoms with Gasteiger partial charge in [-0.15, -0.1) is 0 Å². The summed E-state index contributed by atoms with van der Waals surface area (Å²) >= 11 is 0. The molecule has 0 saturated heterocycles. The van der Waals surface area contributed by atoms with Gasteiger partial charge in [-0.25, -0.2) is 14.6 Å². The highest BCUT2D eigenvalue weighted by molar-refractivity contribution is 5.99. The second kappa shape index (κ2) is 8.89. The van der Waals surface area contributed by atoms with Gasteiger partial charge < -0.3 is 9.47 Å². The van der Waals surface area contributed by atoms with Crippen LogP contribution in [0.15, 0.2) is 60.8 Å². The maximum Gasteiger partial charge on any atom is 0.418 e. The van der Waals surface area contributed by atoms with E-state index in [0.717, 1.165) is 22.0 Å². The number of carbonyl (C=O) groups is 2. The highest BCUT2D eigenvalue weighted by atomic mass is 16.6. The quantitative estimate of drug-likeness (QED) is 0.456. The van der Waals surface area contributed by atoms with E-state index in [-0.39, 0.29) is 18.0 Å². The summed E-state index contributed by atoms with van der Waals surface area (Å²) in [5.74, 6) is 0.325. The lowest BCUT2D eigenvalue weighted by Gasteiger charge is -2.13. The van der Waals surface area contributed by atoms with E-state index in [0.29, 0.717) is 11.6 Å². The fourth-order valence-corrected chi connectivity index (χ4v) is 3.37. The molecule has 8 heteroatoms. The van der Waals surface area contributed by atoms with Crippen LogP contribution in [0.4, 0.5) is 10.6 Å². The number of esters is 1. The van der Waals surface area contributed by atoms with E-state index < -0.39 is 12.1 Å². The number of aromatic nitrogens is 3. The van der Waals surface area contributed by atoms with E-state index in [4.69, 9.17) is 14.5 Å². The van der Waals surface area contributed by atoms with Crippen LogP contribution in [0.2, 0.25) is 0 Å². The minimum absolute atomic E-state index is 0.0983. The minimum atomic E-state index is -0.766. The predicted molar refractivity (Wildman–Crippen MR) is 120 cm³/mol. The van der Waals surface area contributed by atoms with Crippen LogP contribution in [-0.4, -0.2) is 33.4 Å². The van der Waals surface area contributed by atoms with E-state index in [2.05, 4.69) is 10.4 Å². The van der Waals surface area contributed by atoms with Crippen molar-refractivity contribution in [3.63, 3.8) is 0 Å². The summed E-state index contributed by atoms with van der Waals surface area (Å²) in [7, 11) is 0. The summed E-state index contributed by atoms with van der Waals surface area (Å²) in [6.45, 7) is 5.84. The van der Waals surface area contributed by atoms with Crippen LogP contribution in [-0.2, 0) is 4.74 Å². The van der Waals surface area contributed by atoms with E-state index in [1.165, 1.54) is 10.9 Å². The van der Waals surface area contributed by atoms with Crippen molar-refractivity contribution in [2.45, 2.75) is 20.8 Å². The SMILES string of the molecule is CCOC(=O)c1cnn(-c2cc(C)c3cccc(C)c3n2)c1NC(=O)Oc1ccccc1. The number of para-hydroxylation sites is 2. The van der Waals surface area contributed by atoms with Crippen molar-refractivity contribution in [2.24, 2.45) is 0 Å². The average Bonchev–Trinajstić information content (AvgIpc) is 3.18. The highest BCUT2D eigenvalue weighted by Crippen LogP contribution is 2.26. The zero-order valence-corrected chi connectivity index (χ0v) is 18.0. The molecule has 162 valence electrons. The summed E-state index contributed by atoms with van der Waals surface area (Å²) in [6, 6.07) is 16.4. The number of amides is 1. The number of hydrogen-bond donors (Lipinski definition) is 1. The molecule has 0 fully saturated rings. The van der Waals surface area contributed by atoms with Gasteiger partial charge in [-0.1, -0.05) is 36.4 Å². The molecule has 32 heavy (non-hydrogen) atoms. The highest BCUT2D eigenvalue weighted by Gasteiger charge is 2.23. The van der Waals surface area contributed by atoms with Crippen LogP contribution in [0, 0.1) is 13.8 Å². The Bertz CT molecular complexity index is 1300. The average molecular weight is 430 g/mol. The number of anilines is 1. The Kier molecular flexibility index (Phi) is 5.85. The molecule has 1 N–H and O–H groups in total. The van der Waals surface area contributed by atoms with Gasteiger partial charge >= 0.3 is 12.1 Å². The Labute approximate surface area is 184 Å². The molecule has 0 bridgehead atoms. The van der Waals surface area contributed by atoms with Gasteiger partial charge in [0.2, 0.25) is 0 Å². The van der Waals surface area contributed by atoms with Gasteiger partial charge in [0.25, 0.3) is 0 Å². The number of carbonyl (C=O) groups excluding carboxylic acids is 2. The minimum Gasteiger partial charge on any atom is -0.462 e. The third-order valence-electron chi connectivity index (χ3n) is 4.89. The Morgan fingerprint density at radius 1 is 1.03 bits per heavy atom. The van der Waals surface area contributed by atoms with Crippen LogP contribution in [0.1, 0.15) is 28.4 Å². The number of fused-ring (bicyclic) bond motifs is 1. The molecule has 0 atom stereocenters. The monoisotopic (exact) mass is 430 g/mol. The van der Waals surface area contributed by atoms with Crippen LogP contribution < -0.4 is 10.1 Å². The fourth-order valence-electron chi connectivity index (χ4n) is 3.37. The maximum atomic E-state index is 12.6. The number of hydrogen-bond acceptors (Lipinski definition) is 6. The number of nitrogens with one attached hydrogen (secondary N) is 1. The van der Waals surface area contributed by atoms with Crippen molar-refractivity contribution in [2.75, 3.05) is 11.9 Å². The first-order valence-corrected chi connectivity index (χ1v) is 10.1. The normalized spacial score (nSPS) is 10.7. The van der Waals surface area contributed by atoms with Crippen molar-refractivity contribution in [3.8, 4) is 11.6 Å². The molecule has 2 aromatic carbocycles. The molecule has 2 heterocycles. The molecule has 0 aliphatic carbocycles. The van der Waals surface area contributed by atoms with Gasteiger partial charge in [-0.05, 0) is 50.1 Å². The van der Waals surface area contributed by atoms with Gasteiger partial charge in [0, 0.05) is 5.39 Å². The Hall–Kier alpha value is -4.20. The van der Waals surface area contributed by atoms with Crippen molar-refractivity contribution >= 4 is 28.8 Å². The molecule has 0 radical (unpaired) electrons. The molecule has 0 aliphatic rings. The second-order valence-corrected chi connectivity index (χ2v) is 7.14. The topological polar surface area (TPSA) is 95.3 Å². The Morgan fingerprint density at radius 2 is 1.81 bits per heavy atom. The molecule has 0 aliphatic heterocycles.